The van der Waals surface area contributed by atoms with Gasteiger partial charge in [0.05, 0.1) is 24.9 Å². The molecule has 0 aromatic rings. The number of carbonyl (C=O) groups excluding carboxylic acids is 1. The molecule has 2 fully saturated rings. The quantitative estimate of drug-likeness (QED) is 0.756. The van der Waals surface area contributed by atoms with Gasteiger partial charge in [-0.3, -0.25) is 4.79 Å². The third kappa shape index (κ3) is 4.17. The van der Waals surface area contributed by atoms with Crippen molar-refractivity contribution in [2.75, 3.05) is 26.7 Å². The van der Waals surface area contributed by atoms with Gasteiger partial charge in [-0.05, 0) is 25.2 Å². The minimum absolute atomic E-state index is 0.124. The van der Waals surface area contributed by atoms with E-state index in [0.717, 1.165) is 19.4 Å². The number of likely N-dealkylation sites (tertiary alicyclic amines) is 1. The molecule has 0 bridgehead atoms. The molecule has 0 aromatic heterocycles. The molecule has 1 saturated carbocycles. The molecule has 0 spiro atoms. The lowest BCUT2D eigenvalue weighted by molar-refractivity contribution is -0.128. The number of amides is 1. The molecule has 4 unspecified atom stereocenters. The van der Waals surface area contributed by atoms with E-state index in [4.69, 9.17) is 4.74 Å². The van der Waals surface area contributed by atoms with E-state index in [1.165, 1.54) is 19.3 Å². The average molecular weight is 284 g/mol. The lowest BCUT2D eigenvalue weighted by atomic mass is 9.88. The number of hydrogen-bond acceptors (Lipinski definition) is 4. The molecule has 20 heavy (non-hydrogen) atoms. The summed E-state index contributed by atoms with van der Waals surface area (Å²) in [4.78, 5) is 13.4. The topological polar surface area (TPSA) is 61.8 Å². The maximum absolute atomic E-state index is 11.7. The van der Waals surface area contributed by atoms with E-state index in [9.17, 15) is 9.90 Å². The van der Waals surface area contributed by atoms with Gasteiger partial charge in [0, 0.05) is 20.1 Å². The molecule has 0 radical (unpaired) electrons. The van der Waals surface area contributed by atoms with Crippen LogP contribution in [0.2, 0.25) is 0 Å². The number of carbonyl (C=O) groups is 1. The summed E-state index contributed by atoms with van der Waals surface area (Å²) in [6.07, 6.45) is 5.42. The van der Waals surface area contributed by atoms with Gasteiger partial charge >= 0.3 is 0 Å². The van der Waals surface area contributed by atoms with Gasteiger partial charge in [0.25, 0.3) is 0 Å². The minimum Gasteiger partial charge on any atom is -0.389 e. The molecule has 2 rings (SSSR count). The highest BCUT2D eigenvalue weighted by Crippen LogP contribution is 2.26. The van der Waals surface area contributed by atoms with E-state index in [0.29, 0.717) is 19.1 Å². The van der Waals surface area contributed by atoms with Crippen LogP contribution in [0.25, 0.3) is 0 Å². The third-order valence-corrected chi connectivity index (χ3v) is 4.56. The molecular weight excluding hydrogens is 256 g/mol. The summed E-state index contributed by atoms with van der Waals surface area (Å²) >= 11 is 0. The second kappa shape index (κ2) is 7.38. The summed E-state index contributed by atoms with van der Waals surface area (Å²) in [5, 5.41) is 13.1. The van der Waals surface area contributed by atoms with Gasteiger partial charge in [0.15, 0.2) is 0 Å². The molecule has 0 aromatic carbocycles. The summed E-state index contributed by atoms with van der Waals surface area (Å²) < 4.78 is 5.83. The molecule has 5 heteroatoms. The fraction of sp³-hybridized carbons (Fsp3) is 0.933. The Morgan fingerprint density at radius 1 is 1.40 bits per heavy atom. The van der Waals surface area contributed by atoms with Gasteiger partial charge in [-0.15, -0.1) is 0 Å². The van der Waals surface area contributed by atoms with Crippen LogP contribution in [-0.4, -0.2) is 60.9 Å². The summed E-state index contributed by atoms with van der Waals surface area (Å²) in [5.41, 5.74) is 0. The summed E-state index contributed by atoms with van der Waals surface area (Å²) in [6.45, 7) is 3.80. The molecule has 5 nitrogen and oxygen atoms in total. The van der Waals surface area contributed by atoms with Crippen molar-refractivity contribution in [1.29, 1.82) is 0 Å². The van der Waals surface area contributed by atoms with Gasteiger partial charge in [0.1, 0.15) is 0 Å². The SMILES string of the molecule is CC1CCCCC1OCC(O)CNC1CCN(C)C1=O. The van der Waals surface area contributed by atoms with Crippen LogP contribution >= 0.6 is 0 Å². The first-order chi connectivity index (χ1) is 9.58. The number of ether oxygens (including phenoxy) is 1. The zero-order valence-electron chi connectivity index (χ0n) is 12.7. The maximum atomic E-state index is 11.7. The van der Waals surface area contributed by atoms with Crippen molar-refractivity contribution < 1.29 is 14.6 Å². The maximum Gasteiger partial charge on any atom is 0.239 e. The van der Waals surface area contributed by atoms with E-state index >= 15 is 0 Å². The molecule has 2 aliphatic rings. The molecule has 1 amide bonds. The standard InChI is InChI=1S/C15H28N2O3/c1-11-5-3-4-6-14(11)20-10-12(18)9-16-13-7-8-17(2)15(13)19/h11-14,16,18H,3-10H2,1-2H3. The van der Waals surface area contributed by atoms with Crippen LogP contribution in [0.5, 0.6) is 0 Å². The normalized spacial score (nSPS) is 32.6. The van der Waals surface area contributed by atoms with E-state index in [-0.39, 0.29) is 18.1 Å². The molecule has 1 aliphatic carbocycles. The largest absolute Gasteiger partial charge is 0.389 e. The molecule has 1 heterocycles. The highest BCUT2D eigenvalue weighted by molar-refractivity contribution is 5.83. The molecule has 2 N–H and O–H groups in total. The average Bonchev–Trinajstić information content (AvgIpc) is 2.76. The number of hydrogen-bond donors (Lipinski definition) is 2. The highest BCUT2D eigenvalue weighted by Gasteiger charge is 2.29. The van der Waals surface area contributed by atoms with Gasteiger partial charge in [-0.25, -0.2) is 0 Å². The Bertz CT molecular complexity index is 324. The monoisotopic (exact) mass is 284 g/mol. The second-order valence-electron chi connectivity index (χ2n) is 6.30. The fourth-order valence-electron chi connectivity index (χ4n) is 3.11. The first-order valence-electron chi connectivity index (χ1n) is 7.86. The van der Waals surface area contributed by atoms with Crippen LogP contribution in [0, 0.1) is 5.92 Å². The van der Waals surface area contributed by atoms with Crippen LogP contribution in [0.1, 0.15) is 39.0 Å². The Morgan fingerprint density at radius 2 is 2.15 bits per heavy atom. The summed E-state index contributed by atoms with van der Waals surface area (Å²) in [6, 6.07) is -0.136. The van der Waals surface area contributed by atoms with Crippen LogP contribution in [0.15, 0.2) is 0 Å². The summed E-state index contributed by atoms with van der Waals surface area (Å²) in [5.74, 6) is 0.716. The van der Waals surface area contributed by atoms with Crippen molar-refractivity contribution in [1.82, 2.24) is 10.2 Å². The van der Waals surface area contributed by atoms with Crippen molar-refractivity contribution in [3.05, 3.63) is 0 Å². The Hall–Kier alpha value is -0.650. The van der Waals surface area contributed by atoms with Crippen LogP contribution in [-0.2, 0) is 9.53 Å². The van der Waals surface area contributed by atoms with Crippen LogP contribution < -0.4 is 5.32 Å². The second-order valence-corrected chi connectivity index (χ2v) is 6.30. The van der Waals surface area contributed by atoms with Gasteiger partial charge in [-0.1, -0.05) is 19.8 Å². The first kappa shape index (κ1) is 15.7. The number of aliphatic hydroxyl groups excluding tert-OH is 1. The van der Waals surface area contributed by atoms with E-state index in [1.54, 1.807) is 4.90 Å². The lowest BCUT2D eigenvalue weighted by Gasteiger charge is -2.29. The predicted molar refractivity (Wildman–Crippen MR) is 77.4 cm³/mol. The zero-order chi connectivity index (χ0) is 14.5. The molecule has 1 saturated heterocycles. The Balaban J connectivity index is 1.63. The zero-order valence-corrected chi connectivity index (χ0v) is 12.7. The molecule has 116 valence electrons. The Morgan fingerprint density at radius 3 is 2.80 bits per heavy atom. The fourth-order valence-corrected chi connectivity index (χ4v) is 3.11. The van der Waals surface area contributed by atoms with Gasteiger partial charge in [-0.2, -0.15) is 0 Å². The van der Waals surface area contributed by atoms with E-state index in [1.807, 2.05) is 7.05 Å². The third-order valence-electron chi connectivity index (χ3n) is 4.56. The molecular formula is C15H28N2O3. The first-order valence-corrected chi connectivity index (χ1v) is 7.86. The van der Waals surface area contributed by atoms with Gasteiger partial charge < -0.3 is 20.1 Å². The number of aliphatic hydroxyl groups is 1. The summed E-state index contributed by atoms with van der Waals surface area (Å²) in [7, 11) is 1.81. The number of nitrogens with zero attached hydrogens (tertiary/aromatic N) is 1. The van der Waals surface area contributed by atoms with Crippen molar-refractivity contribution in [2.45, 2.75) is 57.3 Å². The predicted octanol–water partition coefficient (Wildman–Crippen LogP) is 0.763. The van der Waals surface area contributed by atoms with Crippen molar-refractivity contribution in [3.63, 3.8) is 0 Å². The van der Waals surface area contributed by atoms with Gasteiger partial charge in [0.2, 0.25) is 5.91 Å². The smallest absolute Gasteiger partial charge is 0.239 e. The minimum atomic E-state index is -0.539. The van der Waals surface area contributed by atoms with Crippen molar-refractivity contribution in [3.8, 4) is 0 Å². The highest BCUT2D eigenvalue weighted by atomic mass is 16.5. The van der Waals surface area contributed by atoms with Crippen molar-refractivity contribution >= 4 is 5.91 Å². The van der Waals surface area contributed by atoms with Crippen LogP contribution in [0.3, 0.4) is 0 Å². The van der Waals surface area contributed by atoms with E-state index < -0.39 is 6.10 Å². The number of rotatable bonds is 6. The molecule has 1 aliphatic heterocycles. The van der Waals surface area contributed by atoms with Crippen molar-refractivity contribution in [2.24, 2.45) is 5.92 Å². The number of nitrogens with one attached hydrogen (secondary N) is 1. The number of likely N-dealkylation sites (N-methyl/N-ethyl adjacent to an activating group) is 1. The Kier molecular flexibility index (Phi) is 5.81. The van der Waals surface area contributed by atoms with Crippen LogP contribution in [0.4, 0.5) is 0 Å². The van der Waals surface area contributed by atoms with E-state index in [2.05, 4.69) is 12.2 Å². The lowest BCUT2D eigenvalue weighted by Crippen LogP contribution is -2.42. The Labute approximate surface area is 121 Å². The molecule has 4 atom stereocenters.